The zero-order valence-electron chi connectivity index (χ0n) is 15.1. The fourth-order valence-corrected chi connectivity index (χ4v) is 5.75. The van der Waals surface area contributed by atoms with Crippen LogP contribution in [0.1, 0.15) is 45.4 Å². The molecule has 0 aromatic rings. The van der Waals surface area contributed by atoms with Gasteiger partial charge in [-0.2, -0.15) is 0 Å². The predicted molar refractivity (Wildman–Crippen MR) is 93.8 cm³/mol. The summed E-state index contributed by atoms with van der Waals surface area (Å²) in [5, 5.41) is 7.13. The van der Waals surface area contributed by atoms with E-state index >= 15 is 0 Å². The molecule has 1 spiro atoms. The van der Waals surface area contributed by atoms with Crippen LogP contribution in [0.5, 0.6) is 0 Å². The lowest BCUT2D eigenvalue weighted by Crippen LogP contribution is -2.57. The number of hydrogen-bond acceptors (Lipinski definition) is 5. The number of nitrogens with one attached hydrogen (secondary N) is 2. The van der Waals surface area contributed by atoms with Crippen LogP contribution in [0.25, 0.3) is 0 Å². The topological polar surface area (TPSA) is 53.6 Å². The first-order chi connectivity index (χ1) is 11.7. The van der Waals surface area contributed by atoms with Gasteiger partial charge in [-0.1, -0.05) is 0 Å². The van der Waals surface area contributed by atoms with Crippen molar-refractivity contribution < 1.29 is 9.53 Å². The average molecular weight is 335 g/mol. The monoisotopic (exact) mass is 335 g/mol. The molecule has 5 heteroatoms. The van der Waals surface area contributed by atoms with Gasteiger partial charge in [-0.05, 0) is 71.0 Å². The van der Waals surface area contributed by atoms with Gasteiger partial charge in [0.25, 0.3) is 0 Å². The Morgan fingerprint density at radius 1 is 1.25 bits per heavy atom. The molecule has 4 rings (SSSR count). The van der Waals surface area contributed by atoms with Crippen LogP contribution < -0.4 is 10.6 Å². The average Bonchev–Trinajstić information content (AvgIpc) is 3.23. The standard InChI is InChI=1S/C19H33N3O2/c1-2-24-18(23)16-12-20-13-19(16)10-15(11-19)22-8-5-14(6-9-22)17-4-3-7-21-17/h14-17,20-21H,2-13H2,1H3/t15?,16?,17-,19?/m0/s1. The van der Waals surface area contributed by atoms with Gasteiger partial charge in [0.1, 0.15) is 0 Å². The first kappa shape index (κ1) is 16.8. The van der Waals surface area contributed by atoms with Gasteiger partial charge in [0.15, 0.2) is 0 Å². The number of hydrogen-bond donors (Lipinski definition) is 2. The van der Waals surface area contributed by atoms with E-state index in [0.29, 0.717) is 12.6 Å². The Hall–Kier alpha value is -0.650. The lowest BCUT2D eigenvalue weighted by atomic mass is 9.59. The number of likely N-dealkylation sites (tertiary alicyclic amines) is 1. The van der Waals surface area contributed by atoms with Gasteiger partial charge in [-0.25, -0.2) is 0 Å². The molecule has 24 heavy (non-hydrogen) atoms. The summed E-state index contributed by atoms with van der Waals surface area (Å²) in [7, 11) is 0. The van der Waals surface area contributed by atoms with E-state index in [-0.39, 0.29) is 17.3 Å². The summed E-state index contributed by atoms with van der Waals surface area (Å²) in [6, 6.07) is 1.48. The van der Waals surface area contributed by atoms with E-state index in [1.54, 1.807) is 0 Å². The zero-order valence-corrected chi connectivity index (χ0v) is 15.1. The van der Waals surface area contributed by atoms with Gasteiger partial charge in [-0.15, -0.1) is 0 Å². The number of rotatable bonds is 4. The van der Waals surface area contributed by atoms with Crippen molar-refractivity contribution in [2.24, 2.45) is 17.3 Å². The molecule has 136 valence electrons. The van der Waals surface area contributed by atoms with Crippen molar-refractivity contribution in [3.8, 4) is 0 Å². The minimum Gasteiger partial charge on any atom is -0.466 e. The van der Waals surface area contributed by atoms with Crippen LogP contribution >= 0.6 is 0 Å². The summed E-state index contributed by atoms with van der Waals surface area (Å²) in [6.07, 6.45) is 7.79. The quantitative estimate of drug-likeness (QED) is 0.760. The van der Waals surface area contributed by atoms with Crippen molar-refractivity contribution >= 4 is 5.97 Å². The Morgan fingerprint density at radius 3 is 2.71 bits per heavy atom. The Morgan fingerprint density at radius 2 is 2.04 bits per heavy atom. The Balaban J connectivity index is 1.27. The Kier molecular flexibility index (Phi) is 4.85. The number of esters is 1. The molecule has 0 amide bonds. The van der Waals surface area contributed by atoms with Gasteiger partial charge >= 0.3 is 5.97 Å². The van der Waals surface area contributed by atoms with Crippen LogP contribution in [-0.2, 0) is 9.53 Å². The second kappa shape index (κ2) is 6.93. The highest BCUT2D eigenvalue weighted by atomic mass is 16.5. The second-order valence-electron chi connectivity index (χ2n) is 8.44. The molecule has 5 nitrogen and oxygen atoms in total. The summed E-state index contributed by atoms with van der Waals surface area (Å²) < 4.78 is 5.31. The van der Waals surface area contributed by atoms with Crippen LogP contribution in [0.2, 0.25) is 0 Å². The molecule has 1 unspecified atom stereocenters. The lowest BCUT2D eigenvalue weighted by Gasteiger charge is -2.53. The minimum absolute atomic E-state index is 0.0203. The number of carbonyl (C=O) groups is 1. The molecule has 0 bridgehead atoms. The highest BCUT2D eigenvalue weighted by molar-refractivity contribution is 5.74. The van der Waals surface area contributed by atoms with Gasteiger partial charge in [0.2, 0.25) is 0 Å². The summed E-state index contributed by atoms with van der Waals surface area (Å²) >= 11 is 0. The maximum absolute atomic E-state index is 12.2. The second-order valence-corrected chi connectivity index (χ2v) is 8.44. The van der Waals surface area contributed by atoms with E-state index in [9.17, 15) is 4.79 Å². The summed E-state index contributed by atoms with van der Waals surface area (Å²) in [6.45, 7) is 7.92. The van der Waals surface area contributed by atoms with E-state index in [0.717, 1.165) is 25.0 Å². The molecule has 4 aliphatic rings. The first-order valence-corrected chi connectivity index (χ1v) is 10.1. The van der Waals surface area contributed by atoms with Gasteiger partial charge in [-0.3, -0.25) is 4.79 Å². The molecular formula is C19H33N3O2. The molecule has 2 N–H and O–H groups in total. The molecule has 4 fully saturated rings. The van der Waals surface area contributed by atoms with E-state index < -0.39 is 0 Å². The van der Waals surface area contributed by atoms with Crippen molar-refractivity contribution in [2.45, 2.75) is 57.5 Å². The smallest absolute Gasteiger partial charge is 0.310 e. The molecular weight excluding hydrogens is 302 g/mol. The summed E-state index contributed by atoms with van der Waals surface area (Å²) in [5.74, 6) is 0.985. The maximum atomic E-state index is 12.2. The summed E-state index contributed by atoms with van der Waals surface area (Å²) in [5.41, 5.74) is 0.181. The largest absolute Gasteiger partial charge is 0.466 e. The van der Waals surface area contributed by atoms with E-state index in [1.807, 2.05) is 6.92 Å². The van der Waals surface area contributed by atoms with E-state index in [1.165, 1.54) is 58.2 Å². The minimum atomic E-state index is 0.0203. The normalized spacial score (nSPS) is 40.8. The molecule has 0 aromatic heterocycles. The number of carbonyl (C=O) groups excluding carboxylic acids is 1. The van der Waals surface area contributed by atoms with Crippen LogP contribution in [0.15, 0.2) is 0 Å². The third-order valence-electron chi connectivity index (χ3n) is 7.18. The van der Waals surface area contributed by atoms with Crippen LogP contribution in [0.3, 0.4) is 0 Å². The molecule has 1 saturated carbocycles. The van der Waals surface area contributed by atoms with Gasteiger partial charge in [0, 0.05) is 30.6 Å². The Bertz CT molecular complexity index is 450. The number of piperidine rings is 1. The SMILES string of the molecule is CCOC(=O)C1CNCC12CC(N1CCC([C@@H]3CCCN3)CC1)C2. The van der Waals surface area contributed by atoms with E-state index in [2.05, 4.69) is 15.5 Å². The molecule has 3 heterocycles. The van der Waals surface area contributed by atoms with Crippen LogP contribution in [0, 0.1) is 17.3 Å². The fraction of sp³-hybridized carbons (Fsp3) is 0.947. The van der Waals surface area contributed by atoms with Crippen LogP contribution in [0.4, 0.5) is 0 Å². The molecule has 2 atom stereocenters. The maximum Gasteiger partial charge on any atom is 0.310 e. The van der Waals surface area contributed by atoms with Crippen molar-refractivity contribution in [1.82, 2.24) is 15.5 Å². The van der Waals surface area contributed by atoms with E-state index in [4.69, 9.17) is 4.74 Å². The molecule has 3 saturated heterocycles. The fourth-order valence-electron chi connectivity index (χ4n) is 5.75. The predicted octanol–water partition coefficient (Wildman–Crippen LogP) is 1.38. The third kappa shape index (κ3) is 2.99. The van der Waals surface area contributed by atoms with Crippen molar-refractivity contribution in [3.05, 3.63) is 0 Å². The van der Waals surface area contributed by atoms with Crippen molar-refractivity contribution in [1.29, 1.82) is 0 Å². The van der Waals surface area contributed by atoms with Gasteiger partial charge < -0.3 is 20.3 Å². The highest BCUT2D eigenvalue weighted by Crippen LogP contribution is 2.52. The number of ether oxygens (including phenoxy) is 1. The highest BCUT2D eigenvalue weighted by Gasteiger charge is 2.56. The Labute approximate surface area is 145 Å². The molecule has 3 aliphatic heterocycles. The van der Waals surface area contributed by atoms with Crippen molar-refractivity contribution in [3.63, 3.8) is 0 Å². The van der Waals surface area contributed by atoms with Gasteiger partial charge in [0.05, 0.1) is 12.5 Å². The first-order valence-electron chi connectivity index (χ1n) is 10.1. The third-order valence-corrected chi connectivity index (χ3v) is 7.18. The molecule has 0 radical (unpaired) electrons. The molecule has 1 aliphatic carbocycles. The lowest BCUT2D eigenvalue weighted by molar-refractivity contribution is -0.155. The van der Waals surface area contributed by atoms with Crippen molar-refractivity contribution in [2.75, 3.05) is 39.3 Å². The van der Waals surface area contributed by atoms with Crippen LogP contribution in [-0.4, -0.2) is 62.3 Å². The molecule has 0 aromatic carbocycles. The summed E-state index contributed by atoms with van der Waals surface area (Å²) in [4.78, 5) is 14.9. The zero-order chi connectivity index (χ0) is 16.6. The number of nitrogens with zero attached hydrogens (tertiary/aromatic N) is 1.